The molecule has 15 heavy (non-hydrogen) atoms. The number of hydrogen-bond donors (Lipinski definition) is 2. The van der Waals surface area contributed by atoms with Gasteiger partial charge in [0.05, 0.1) is 0 Å². The van der Waals surface area contributed by atoms with Crippen LogP contribution in [0.2, 0.25) is 0 Å². The van der Waals surface area contributed by atoms with Crippen LogP contribution in [0.25, 0.3) is 0 Å². The van der Waals surface area contributed by atoms with Crippen LogP contribution in [0, 0.1) is 0 Å². The van der Waals surface area contributed by atoms with Crippen molar-refractivity contribution in [3.05, 3.63) is 0 Å². The highest BCUT2D eigenvalue weighted by Gasteiger charge is 1.83. The molecule has 0 rings (SSSR count). The van der Waals surface area contributed by atoms with Gasteiger partial charge in [-0.1, -0.05) is 0 Å². The second kappa shape index (κ2) is 13.3. The minimum absolute atomic E-state index is 0.727. The molecule has 4 N–H and O–H groups in total. The molecule has 0 aromatic carbocycles. The molecule has 0 amide bonds. The van der Waals surface area contributed by atoms with Crippen molar-refractivity contribution >= 4 is 12.4 Å². The molecule has 0 aromatic rings. The summed E-state index contributed by atoms with van der Waals surface area (Å²) in [5.41, 5.74) is 10.7. The van der Waals surface area contributed by atoms with Crippen molar-refractivity contribution in [3.63, 3.8) is 0 Å². The number of rotatable bonds is 10. The topological polar surface area (TPSA) is 76.8 Å². The van der Waals surface area contributed by atoms with E-state index in [1.807, 2.05) is 12.4 Å². The fourth-order valence-electron chi connectivity index (χ4n) is 1.03. The van der Waals surface area contributed by atoms with Crippen LogP contribution < -0.4 is 11.5 Å². The second-order valence-electron chi connectivity index (χ2n) is 3.39. The van der Waals surface area contributed by atoms with Gasteiger partial charge in [-0.25, -0.2) is 0 Å². The van der Waals surface area contributed by atoms with Crippen LogP contribution >= 0.6 is 0 Å². The Balaban J connectivity index is 3.10. The Hall–Kier alpha value is -0.740. The predicted octanol–water partition coefficient (Wildman–Crippen LogP) is 0.996. The fraction of sp³-hybridized carbons (Fsp3) is 0.818. The molecule has 0 bridgehead atoms. The molecule has 0 saturated heterocycles. The SMILES string of the molecule is NCCC/N=C/CCC/C=N/CCCN. The largest absolute Gasteiger partial charge is 0.330 e. The lowest BCUT2D eigenvalue weighted by atomic mass is 10.2. The molecule has 0 spiro atoms. The van der Waals surface area contributed by atoms with E-state index in [1.54, 1.807) is 0 Å². The molecule has 0 saturated carbocycles. The van der Waals surface area contributed by atoms with Crippen molar-refractivity contribution in [3.8, 4) is 0 Å². The van der Waals surface area contributed by atoms with Crippen LogP contribution in [0.1, 0.15) is 32.1 Å². The minimum Gasteiger partial charge on any atom is -0.330 e. The van der Waals surface area contributed by atoms with E-state index in [0.717, 1.165) is 58.3 Å². The van der Waals surface area contributed by atoms with Crippen molar-refractivity contribution in [1.29, 1.82) is 0 Å². The molecule has 4 heteroatoms. The van der Waals surface area contributed by atoms with Gasteiger partial charge in [-0.15, -0.1) is 0 Å². The molecule has 0 aliphatic carbocycles. The molecule has 88 valence electrons. The quantitative estimate of drug-likeness (QED) is 0.418. The first-order valence-electron chi connectivity index (χ1n) is 5.78. The molecular formula is C11H24N4. The van der Waals surface area contributed by atoms with Gasteiger partial charge in [0, 0.05) is 13.1 Å². The minimum atomic E-state index is 0.727. The monoisotopic (exact) mass is 212 g/mol. The Kier molecular flexibility index (Phi) is 12.6. The lowest BCUT2D eigenvalue weighted by molar-refractivity contribution is 0.835. The van der Waals surface area contributed by atoms with Gasteiger partial charge in [-0.3, -0.25) is 9.98 Å². The summed E-state index contributed by atoms with van der Waals surface area (Å²) in [5.74, 6) is 0. The van der Waals surface area contributed by atoms with Gasteiger partial charge in [-0.2, -0.15) is 0 Å². The van der Waals surface area contributed by atoms with Gasteiger partial charge in [0.1, 0.15) is 0 Å². The molecule has 0 aromatic heterocycles. The number of aliphatic imine (C=N–C) groups is 2. The highest BCUT2D eigenvalue weighted by atomic mass is 14.7. The molecular weight excluding hydrogens is 188 g/mol. The summed E-state index contributed by atoms with van der Waals surface area (Å²) in [4.78, 5) is 8.48. The first-order chi connectivity index (χ1) is 7.41. The first-order valence-corrected chi connectivity index (χ1v) is 5.78. The number of nitrogens with two attached hydrogens (primary N) is 2. The second-order valence-corrected chi connectivity index (χ2v) is 3.39. The van der Waals surface area contributed by atoms with E-state index < -0.39 is 0 Å². The van der Waals surface area contributed by atoms with Gasteiger partial charge in [0.2, 0.25) is 0 Å². The summed E-state index contributed by atoms with van der Waals surface area (Å²) in [6.07, 6.45) is 9.14. The number of nitrogens with zero attached hydrogens (tertiary/aromatic N) is 2. The molecule has 0 aliphatic rings. The van der Waals surface area contributed by atoms with Crippen molar-refractivity contribution in [2.75, 3.05) is 26.2 Å². The molecule has 0 unspecified atom stereocenters. The van der Waals surface area contributed by atoms with E-state index in [2.05, 4.69) is 9.98 Å². The van der Waals surface area contributed by atoms with Crippen molar-refractivity contribution in [2.24, 2.45) is 21.5 Å². The van der Waals surface area contributed by atoms with E-state index in [1.165, 1.54) is 0 Å². The zero-order valence-electron chi connectivity index (χ0n) is 9.57. The summed E-state index contributed by atoms with van der Waals surface area (Å²) in [6, 6.07) is 0. The third kappa shape index (κ3) is 13.3. The summed E-state index contributed by atoms with van der Waals surface area (Å²) in [7, 11) is 0. The van der Waals surface area contributed by atoms with Crippen LogP contribution in [-0.2, 0) is 0 Å². The van der Waals surface area contributed by atoms with E-state index in [-0.39, 0.29) is 0 Å². The highest BCUT2D eigenvalue weighted by Crippen LogP contribution is 1.91. The summed E-state index contributed by atoms with van der Waals surface area (Å²) in [6.45, 7) is 3.18. The summed E-state index contributed by atoms with van der Waals surface area (Å²) >= 11 is 0. The molecule has 0 heterocycles. The van der Waals surface area contributed by atoms with E-state index in [9.17, 15) is 0 Å². The first kappa shape index (κ1) is 14.3. The maximum absolute atomic E-state index is 5.35. The van der Waals surface area contributed by atoms with E-state index in [4.69, 9.17) is 11.5 Å². The van der Waals surface area contributed by atoms with Gasteiger partial charge in [0.25, 0.3) is 0 Å². The Morgan fingerprint density at radius 2 is 1.20 bits per heavy atom. The average molecular weight is 212 g/mol. The highest BCUT2D eigenvalue weighted by molar-refractivity contribution is 5.60. The van der Waals surface area contributed by atoms with Crippen molar-refractivity contribution in [2.45, 2.75) is 32.1 Å². The Bertz CT molecular complexity index is 148. The molecule has 0 radical (unpaired) electrons. The van der Waals surface area contributed by atoms with Gasteiger partial charge in [-0.05, 0) is 57.6 Å². The van der Waals surface area contributed by atoms with E-state index >= 15 is 0 Å². The van der Waals surface area contributed by atoms with Crippen molar-refractivity contribution in [1.82, 2.24) is 0 Å². The van der Waals surface area contributed by atoms with Gasteiger partial charge >= 0.3 is 0 Å². The van der Waals surface area contributed by atoms with Crippen LogP contribution in [0.5, 0.6) is 0 Å². The summed E-state index contributed by atoms with van der Waals surface area (Å²) < 4.78 is 0. The van der Waals surface area contributed by atoms with E-state index in [0.29, 0.717) is 0 Å². The third-order valence-electron chi connectivity index (χ3n) is 1.91. The van der Waals surface area contributed by atoms with Crippen LogP contribution in [0.3, 0.4) is 0 Å². The Morgan fingerprint density at radius 1 is 0.733 bits per heavy atom. The maximum Gasteiger partial charge on any atom is 0.0397 e. The van der Waals surface area contributed by atoms with Crippen LogP contribution in [-0.4, -0.2) is 38.6 Å². The summed E-state index contributed by atoms with van der Waals surface area (Å²) in [5, 5.41) is 0. The normalized spacial score (nSPS) is 11.9. The smallest absolute Gasteiger partial charge is 0.0397 e. The zero-order chi connectivity index (χ0) is 11.2. The van der Waals surface area contributed by atoms with Crippen molar-refractivity contribution < 1.29 is 0 Å². The Labute approximate surface area is 92.9 Å². The third-order valence-corrected chi connectivity index (χ3v) is 1.91. The molecule has 0 aliphatic heterocycles. The zero-order valence-corrected chi connectivity index (χ0v) is 9.57. The van der Waals surface area contributed by atoms with Crippen LogP contribution in [0.4, 0.5) is 0 Å². The predicted molar refractivity (Wildman–Crippen MR) is 67.9 cm³/mol. The number of hydrogen-bond acceptors (Lipinski definition) is 4. The van der Waals surface area contributed by atoms with Crippen LogP contribution in [0.15, 0.2) is 9.98 Å². The average Bonchev–Trinajstić information content (AvgIpc) is 2.26. The fourth-order valence-corrected chi connectivity index (χ4v) is 1.03. The lowest BCUT2D eigenvalue weighted by Crippen LogP contribution is -2.00. The van der Waals surface area contributed by atoms with Gasteiger partial charge in [0.15, 0.2) is 0 Å². The molecule has 4 nitrogen and oxygen atoms in total. The van der Waals surface area contributed by atoms with Gasteiger partial charge < -0.3 is 11.5 Å². The Morgan fingerprint density at radius 3 is 1.60 bits per heavy atom. The lowest BCUT2D eigenvalue weighted by Gasteiger charge is -1.92. The molecule has 0 fully saturated rings. The number of unbranched alkanes of at least 4 members (excludes halogenated alkanes) is 2. The molecule has 0 atom stereocenters. The standard InChI is InChI=1S/C11H24N4/c12-6-4-10-14-8-2-1-3-9-15-11-5-7-13/h8-9H,1-7,10-13H2/b14-8+,15-9+. The maximum atomic E-state index is 5.35.